The molecule has 1 fully saturated rings. The molecular formula is C14H18N2O2. The van der Waals surface area contributed by atoms with Crippen LogP contribution in [0.15, 0.2) is 18.2 Å². The van der Waals surface area contributed by atoms with Gasteiger partial charge in [0.1, 0.15) is 5.75 Å². The molecule has 3 rings (SSSR count). The molecule has 0 aliphatic carbocycles. The molecule has 4 nitrogen and oxygen atoms in total. The van der Waals surface area contributed by atoms with Crippen LogP contribution in [0.2, 0.25) is 0 Å². The first-order valence-electron chi connectivity index (χ1n) is 6.51. The van der Waals surface area contributed by atoms with E-state index in [1.54, 1.807) is 7.11 Å². The number of anilines is 1. The maximum Gasteiger partial charge on any atom is 0.244 e. The van der Waals surface area contributed by atoms with Crippen molar-refractivity contribution in [1.29, 1.82) is 0 Å². The minimum absolute atomic E-state index is 0.0121. The van der Waals surface area contributed by atoms with Crippen molar-refractivity contribution in [2.75, 3.05) is 25.1 Å². The third-order valence-corrected chi connectivity index (χ3v) is 3.81. The summed E-state index contributed by atoms with van der Waals surface area (Å²) in [4.78, 5) is 14.3. The normalized spacial score (nSPS) is 22.1. The van der Waals surface area contributed by atoms with Crippen LogP contribution in [0.3, 0.4) is 0 Å². The summed E-state index contributed by atoms with van der Waals surface area (Å²) < 4.78 is 5.22. The second-order valence-corrected chi connectivity index (χ2v) is 4.88. The number of carbonyl (C=O) groups is 1. The van der Waals surface area contributed by atoms with Crippen LogP contribution in [0.4, 0.5) is 5.69 Å². The van der Waals surface area contributed by atoms with E-state index in [0.717, 1.165) is 43.8 Å². The Morgan fingerprint density at radius 2 is 2.39 bits per heavy atom. The predicted molar refractivity (Wildman–Crippen MR) is 70.1 cm³/mol. The van der Waals surface area contributed by atoms with Crippen molar-refractivity contribution in [3.05, 3.63) is 23.8 Å². The van der Waals surface area contributed by atoms with Crippen molar-refractivity contribution >= 4 is 11.6 Å². The van der Waals surface area contributed by atoms with Crippen LogP contribution in [0.5, 0.6) is 5.75 Å². The van der Waals surface area contributed by atoms with Crippen LogP contribution in [0, 0.1) is 0 Å². The van der Waals surface area contributed by atoms with Crippen molar-refractivity contribution in [3.63, 3.8) is 0 Å². The second-order valence-electron chi connectivity index (χ2n) is 4.88. The molecule has 1 amide bonds. The first-order valence-corrected chi connectivity index (χ1v) is 6.51. The van der Waals surface area contributed by atoms with Crippen LogP contribution in [0.25, 0.3) is 0 Å². The third-order valence-electron chi connectivity index (χ3n) is 3.81. The molecule has 1 N–H and O–H groups in total. The quantitative estimate of drug-likeness (QED) is 0.856. The summed E-state index contributed by atoms with van der Waals surface area (Å²) in [6.45, 7) is 1.75. The Kier molecular flexibility index (Phi) is 2.96. The van der Waals surface area contributed by atoms with E-state index in [9.17, 15) is 4.79 Å². The number of fused-ring (bicyclic) bond motifs is 1. The zero-order valence-electron chi connectivity index (χ0n) is 10.6. The Morgan fingerprint density at radius 3 is 3.11 bits per heavy atom. The molecule has 1 aromatic rings. The number of nitrogens with one attached hydrogen (secondary N) is 1. The molecule has 0 aromatic heterocycles. The number of hydrogen-bond acceptors (Lipinski definition) is 3. The largest absolute Gasteiger partial charge is 0.497 e. The molecule has 0 bridgehead atoms. The van der Waals surface area contributed by atoms with Crippen LogP contribution in [-0.4, -0.2) is 32.1 Å². The summed E-state index contributed by atoms with van der Waals surface area (Å²) >= 11 is 0. The van der Waals surface area contributed by atoms with Gasteiger partial charge < -0.3 is 15.0 Å². The molecule has 1 saturated heterocycles. The molecule has 2 aliphatic rings. The molecule has 2 aliphatic heterocycles. The molecule has 4 heteroatoms. The Labute approximate surface area is 107 Å². The van der Waals surface area contributed by atoms with Crippen molar-refractivity contribution in [1.82, 2.24) is 5.32 Å². The zero-order valence-corrected chi connectivity index (χ0v) is 10.6. The Morgan fingerprint density at radius 1 is 1.50 bits per heavy atom. The second kappa shape index (κ2) is 4.61. The topological polar surface area (TPSA) is 41.6 Å². The molecular weight excluding hydrogens is 228 g/mol. The van der Waals surface area contributed by atoms with Gasteiger partial charge in [0, 0.05) is 12.2 Å². The fraction of sp³-hybridized carbons (Fsp3) is 0.500. The van der Waals surface area contributed by atoms with Gasteiger partial charge in [-0.25, -0.2) is 0 Å². The molecule has 2 heterocycles. The van der Waals surface area contributed by atoms with Gasteiger partial charge in [0.05, 0.1) is 13.2 Å². The van der Waals surface area contributed by atoms with Gasteiger partial charge in [-0.3, -0.25) is 4.79 Å². The van der Waals surface area contributed by atoms with Gasteiger partial charge in [-0.15, -0.1) is 0 Å². The molecule has 96 valence electrons. The van der Waals surface area contributed by atoms with Gasteiger partial charge in [0.25, 0.3) is 0 Å². The van der Waals surface area contributed by atoms with Gasteiger partial charge in [-0.05, 0) is 49.6 Å². The summed E-state index contributed by atoms with van der Waals surface area (Å²) in [6, 6.07) is 5.96. The molecule has 0 spiro atoms. The van der Waals surface area contributed by atoms with Crippen LogP contribution >= 0.6 is 0 Å². The standard InChI is InChI=1S/C14H18N2O2/c1-18-11-4-5-13-10(9-11)6-8-16(13)14(17)12-3-2-7-15-12/h4-5,9,12,15H,2-3,6-8H2,1H3. The van der Waals surface area contributed by atoms with E-state index in [1.165, 1.54) is 5.56 Å². The highest BCUT2D eigenvalue weighted by molar-refractivity contribution is 5.99. The predicted octanol–water partition coefficient (Wildman–Crippen LogP) is 1.34. The number of hydrogen-bond donors (Lipinski definition) is 1. The summed E-state index contributed by atoms with van der Waals surface area (Å²) in [5.74, 6) is 1.08. The zero-order chi connectivity index (χ0) is 12.5. The number of ether oxygens (including phenoxy) is 1. The maximum atomic E-state index is 12.4. The summed E-state index contributed by atoms with van der Waals surface area (Å²) in [6.07, 6.45) is 2.98. The number of carbonyl (C=O) groups excluding carboxylic acids is 1. The minimum atomic E-state index is 0.0121. The first-order chi connectivity index (χ1) is 8.79. The molecule has 0 radical (unpaired) electrons. The van der Waals surface area contributed by atoms with Gasteiger partial charge >= 0.3 is 0 Å². The Balaban J connectivity index is 1.83. The van der Waals surface area contributed by atoms with E-state index in [4.69, 9.17) is 4.74 Å². The molecule has 1 unspecified atom stereocenters. The van der Waals surface area contributed by atoms with E-state index in [-0.39, 0.29) is 11.9 Å². The van der Waals surface area contributed by atoms with Crippen LogP contribution in [-0.2, 0) is 11.2 Å². The van der Waals surface area contributed by atoms with E-state index < -0.39 is 0 Å². The SMILES string of the molecule is COc1ccc2c(c1)CCN2C(=O)C1CCCN1. The summed E-state index contributed by atoms with van der Waals surface area (Å²) in [5, 5.41) is 3.27. The molecule has 1 atom stereocenters. The highest BCUT2D eigenvalue weighted by Crippen LogP contribution is 2.32. The monoisotopic (exact) mass is 246 g/mol. The van der Waals surface area contributed by atoms with Crippen molar-refractivity contribution in [2.45, 2.75) is 25.3 Å². The minimum Gasteiger partial charge on any atom is -0.497 e. The number of methoxy groups -OCH3 is 1. The molecule has 0 saturated carbocycles. The lowest BCUT2D eigenvalue weighted by Gasteiger charge is -2.21. The maximum absolute atomic E-state index is 12.4. The van der Waals surface area contributed by atoms with Gasteiger partial charge in [0.15, 0.2) is 0 Å². The fourth-order valence-electron chi connectivity index (χ4n) is 2.82. The average molecular weight is 246 g/mol. The smallest absolute Gasteiger partial charge is 0.244 e. The lowest BCUT2D eigenvalue weighted by molar-refractivity contribution is -0.120. The number of nitrogens with zero attached hydrogens (tertiary/aromatic N) is 1. The highest BCUT2D eigenvalue weighted by atomic mass is 16.5. The van der Waals surface area contributed by atoms with E-state index in [1.807, 2.05) is 23.1 Å². The molecule has 18 heavy (non-hydrogen) atoms. The van der Waals surface area contributed by atoms with Crippen molar-refractivity contribution in [2.24, 2.45) is 0 Å². The van der Waals surface area contributed by atoms with Crippen molar-refractivity contribution in [3.8, 4) is 5.75 Å². The van der Waals surface area contributed by atoms with Gasteiger partial charge in [0.2, 0.25) is 5.91 Å². The number of amides is 1. The summed E-state index contributed by atoms with van der Waals surface area (Å²) in [7, 11) is 1.67. The highest BCUT2D eigenvalue weighted by Gasteiger charge is 2.31. The molecule has 1 aromatic carbocycles. The van der Waals surface area contributed by atoms with E-state index >= 15 is 0 Å². The van der Waals surface area contributed by atoms with Gasteiger partial charge in [-0.1, -0.05) is 0 Å². The van der Waals surface area contributed by atoms with E-state index in [0.29, 0.717) is 0 Å². The number of rotatable bonds is 2. The Hall–Kier alpha value is -1.55. The Bertz CT molecular complexity index is 467. The number of benzene rings is 1. The third kappa shape index (κ3) is 1.86. The average Bonchev–Trinajstić information content (AvgIpc) is 3.06. The lowest BCUT2D eigenvalue weighted by atomic mass is 10.1. The first kappa shape index (κ1) is 11.5. The fourth-order valence-corrected chi connectivity index (χ4v) is 2.82. The van der Waals surface area contributed by atoms with Crippen LogP contribution < -0.4 is 15.0 Å². The van der Waals surface area contributed by atoms with Crippen molar-refractivity contribution < 1.29 is 9.53 Å². The lowest BCUT2D eigenvalue weighted by Crippen LogP contribution is -2.42. The van der Waals surface area contributed by atoms with E-state index in [2.05, 4.69) is 5.32 Å². The van der Waals surface area contributed by atoms with Crippen LogP contribution in [0.1, 0.15) is 18.4 Å². The summed E-state index contributed by atoms with van der Waals surface area (Å²) in [5.41, 5.74) is 2.26. The van der Waals surface area contributed by atoms with Gasteiger partial charge in [-0.2, -0.15) is 0 Å².